The number of carbonyl (C=O) groups excluding carboxylic acids is 1. The molecule has 1 aliphatic rings. The molecule has 1 heterocycles. The van der Waals surface area contributed by atoms with Crippen LogP contribution < -0.4 is 0 Å². The topological polar surface area (TPSA) is 23.6 Å². The van der Waals surface area contributed by atoms with Crippen LogP contribution in [0.2, 0.25) is 0 Å². The second kappa shape index (κ2) is 2.25. The van der Waals surface area contributed by atoms with Crippen LogP contribution in [0.15, 0.2) is 0 Å². The Morgan fingerprint density at radius 2 is 2.33 bits per heavy atom. The maximum Gasteiger partial charge on any atom is 0.319 e. The van der Waals surface area contributed by atoms with E-state index in [0.717, 1.165) is 13.1 Å². The van der Waals surface area contributed by atoms with Gasteiger partial charge in [-0.15, -0.1) is 0 Å². The highest BCUT2D eigenvalue weighted by atomic mass is 16.2. The average molecular weight is 127 g/mol. The van der Waals surface area contributed by atoms with E-state index < -0.39 is 0 Å². The first-order valence-electron chi connectivity index (χ1n) is 3.05. The van der Waals surface area contributed by atoms with Gasteiger partial charge in [0.25, 0.3) is 0 Å². The molecule has 1 fully saturated rings. The van der Waals surface area contributed by atoms with E-state index in [0.29, 0.717) is 6.54 Å². The number of rotatable bonds is 1. The van der Waals surface area contributed by atoms with Gasteiger partial charge in [-0.25, -0.2) is 4.79 Å². The molecular formula is C6H11N2O. The van der Waals surface area contributed by atoms with Gasteiger partial charge in [0.15, 0.2) is 0 Å². The molecule has 0 unspecified atom stereocenters. The van der Waals surface area contributed by atoms with Crippen molar-refractivity contribution in [3.63, 3.8) is 0 Å². The van der Waals surface area contributed by atoms with Gasteiger partial charge in [0.1, 0.15) is 0 Å². The van der Waals surface area contributed by atoms with Gasteiger partial charge >= 0.3 is 6.03 Å². The largest absolute Gasteiger partial charge is 0.326 e. The molecule has 51 valence electrons. The lowest BCUT2D eigenvalue weighted by Crippen LogP contribution is -2.29. The van der Waals surface area contributed by atoms with Crippen molar-refractivity contribution in [2.75, 3.05) is 26.7 Å². The summed E-state index contributed by atoms with van der Waals surface area (Å²) in [4.78, 5) is 14.4. The van der Waals surface area contributed by atoms with Gasteiger partial charge in [0, 0.05) is 26.7 Å². The fourth-order valence-electron chi connectivity index (χ4n) is 0.911. The minimum atomic E-state index is 0.102. The van der Waals surface area contributed by atoms with Crippen LogP contribution in [-0.4, -0.2) is 42.5 Å². The molecule has 0 saturated carbocycles. The SMILES string of the molecule is [CH2]CN1CCN(C)C1=O. The zero-order valence-electron chi connectivity index (χ0n) is 5.63. The number of hydrogen-bond donors (Lipinski definition) is 0. The minimum absolute atomic E-state index is 0.102. The quantitative estimate of drug-likeness (QED) is 0.493. The molecule has 0 N–H and O–H groups in total. The summed E-state index contributed by atoms with van der Waals surface area (Å²) < 4.78 is 0. The van der Waals surface area contributed by atoms with Crippen LogP contribution in [0, 0.1) is 6.92 Å². The summed E-state index contributed by atoms with van der Waals surface area (Å²) in [5.74, 6) is 0. The summed E-state index contributed by atoms with van der Waals surface area (Å²) in [7, 11) is 1.80. The Kier molecular flexibility index (Phi) is 1.60. The Bertz CT molecular complexity index is 124. The van der Waals surface area contributed by atoms with Gasteiger partial charge in [0.2, 0.25) is 0 Å². The van der Waals surface area contributed by atoms with Gasteiger partial charge in [-0.1, -0.05) is 0 Å². The maximum atomic E-state index is 10.9. The maximum absolute atomic E-state index is 10.9. The van der Waals surface area contributed by atoms with E-state index >= 15 is 0 Å². The molecule has 0 aromatic carbocycles. The molecule has 1 radical (unpaired) electrons. The van der Waals surface area contributed by atoms with Crippen molar-refractivity contribution in [2.24, 2.45) is 0 Å². The van der Waals surface area contributed by atoms with Crippen molar-refractivity contribution in [3.05, 3.63) is 6.92 Å². The predicted molar refractivity (Wildman–Crippen MR) is 35.0 cm³/mol. The Labute approximate surface area is 55.2 Å². The number of hydrogen-bond acceptors (Lipinski definition) is 1. The lowest BCUT2D eigenvalue weighted by Gasteiger charge is -2.11. The number of carbonyl (C=O) groups is 1. The minimum Gasteiger partial charge on any atom is -0.326 e. The molecule has 1 rings (SSSR count). The summed E-state index contributed by atoms with van der Waals surface area (Å²) >= 11 is 0. The molecule has 0 spiro atoms. The van der Waals surface area contributed by atoms with Crippen LogP contribution >= 0.6 is 0 Å². The van der Waals surface area contributed by atoms with Crippen LogP contribution in [0.25, 0.3) is 0 Å². The Hall–Kier alpha value is -0.730. The molecule has 1 saturated heterocycles. The first-order valence-corrected chi connectivity index (χ1v) is 3.05. The van der Waals surface area contributed by atoms with Gasteiger partial charge in [-0.05, 0) is 6.92 Å². The zero-order valence-corrected chi connectivity index (χ0v) is 5.63. The second-order valence-corrected chi connectivity index (χ2v) is 2.19. The van der Waals surface area contributed by atoms with Gasteiger partial charge in [0.05, 0.1) is 0 Å². The highest BCUT2D eigenvalue weighted by Gasteiger charge is 2.22. The Morgan fingerprint density at radius 1 is 1.67 bits per heavy atom. The molecule has 0 aliphatic carbocycles. The van der Waals surface area contributed by atoms with Crippen LogP contribution in [0.1, 0.15) is 0 Å². The van der Waals surface area contributed by atoms with Crippen LogP contribution in [-0.2, 0) is 0 Å². The standard InChI is InChI=1S/C6H11N2O/c1-3-8-5-4-7(2)6(8)9/h1,3-5H2,2H3. The zero-order chi connectivity index (χ0) is 6.85. The van der Waals surface area contributed by atoms with E-state index in [1.807, 2.05) is 0 Å². The number of likely N-dealkylation sites (N-methyl/N-ethyl adjacent to an activating group) is 1. The van der Waals surface area contributed by atoms with Crippen molar-refractivity contribution in [1.29, 1.82) is 0 Å². The highest BCUT2D eigenvalue weighted by Crippen LogP contribution is 2.03. The van der Waals surface area contributed by atoms with E-state index in [1.54, 1.807) is 16.8 Å². The number of urea groups is 1. The summed E-state index contributed by atoms with van der Waals surface area (Å²) in [6.07, 6.45) is 0. The molecular weight excluding hydrogens is 116 g/mol. The smallest absolute Gasteiger partial charge is 0.319 e. The summed E-state index contributed by atoms with van der Waals surface area (Å²) in [6.45, 7) is 5.89. The van der Waals surface area contributed by atoms with Crippen molar-refractivity contribution >= 4 is 6.03 Å². The van der Waals surface area contributed by atoms with Crippen molar-refractivity contribution in [2.45, 2.75) is 0 Å². The van der Waals surface area contributed by atoms with Crippen molar-refractivity contribution < 1.29 is 4.79 Å². The third kappa shape index (κ3) is 0.992. The average Bonchev–Trinajstić information content (AvgIpc) is 2.15. The van der Waals surface area contributed by atoms with Crippen molar-refractivity contribution in [1.82, 2.24) is 9.80 Å². The first kappa shape index (κ1) is 6.39. The van der Waals surface area contributed by atoms with Crippen LogP contribution in [0.5, 0.6) is 0 Å². The molecule has 0 aromatic heterocycles. The van der Waals surface area contributed by atoms with E-state index in [9.17, 15) is 4.79 Å². The van der Waals surface area contributed by atoms with Crippen LogP contribution in [0.4, 0.5) is 4.79 Å². The second-order valence-electron chi connectivity index (χ2n) is 2.19. The summed E-state index contributed by atoms with van der Waals surface area (Å²) in [6, 6.07) is 0.102. The molecule has 3 nitrogen and oxygen atoms in total. The number of nitrogens with zero attached hydrogens (tertiary/aromatic N) is 2. The summed E-state index contributed by atoms with van der Waals surface area (Å²) in [5.41, 5.74) is 0. The van der Waals surface area contributed by atoms with E-state index in [1.165, 1.54) is 0 Å². The fourth-order valence-corrected chi connectivity index (χ4v) is 0.911. The molecule has 0 atom stereocenters. The molecule has 2 amide bonds. The third-order valence-corrected chi connectivity index (χ3v) is 1.57. The normalized spacial score (nSPS) is 19.6. The predicted octanol–water partition coefficient (Wildman–Crippen LogP) is 0.188. The third-order valence-electron chi connectivity index (χ3n) is 1.57. The monoisotopic (exact) mass is 127 g/mol. The van der Waals surface area contributed by atoms with E-state index in [2.05, 4.69) is 6.92 Å². The van der Waals surface area contributed by atoms with E-state index in [4.69, 9.17) is 0 Å². The first-order chi connectivity index (χ1) is 4.25. The van der Waals surface area contributed by atoms with Crippen LogP contribution in [0.3, 0.4) is 0 Å². The Morgan fingerprint density at radius 3 is 2.56 bits per heavy atom. The molecule has 3 heteroatoms. The van der Waals surface area contributed by atoms with Crippen molar-refractivity contribution in [3.8, 4) is 0 Å². The molecule has 9 heavy (non-hydrogen) atoms. The summed E-state index contributed by atoms with van der Waals surface area (Å²) in [5, 5.41) is 0. The lowest BCUT2D eigenvalue weighted by atomic mass is 10.6. The van der Waals surface area contributed by atoms with Gasteiger partial charge in [-0.3, -0.25) is 0 Å². The molecule has 0 bridgehead atoms. The van der Waals surface area contributed by atoms with Gasteiger partial charge in [-0.2, -0.15) is 0 Å². The fraction of sp³-hybridized carbons (Fsp3) is 0.667. The molecule has 0 aromatic rings. The Balaban J connectivity index is 2.51. The van der Waals surface area contributed by atoms with Gasteiger partial charge < -0.3 is 9.80 Å². The van der Waals surface area contributed by atoms with E-state index in [-0.39, 0.29) is 6.03 Å². The molecule has 1 aliphatic heterocycles. The lowest BCUT2D eigenvalue weighted by molar-refractivity contribution is 0.202. The number of amides is 2. The highest BCUT2D eigenvalue weighted by molar-refractivity contribution is 5.76.